The number of rotatable bonds is 5. The Kier molecular flexibility index (Phi) is 9.83. The van der Waals surface area contributed by atoms with Gasteiger partial charge >= 0.3 is 0 Å². The van der Waals surface area contributed by atoms with Gasteiger partial charge in [-0.15, -0.1) is 11.3 Å². The maximum absolute atomic E-state index is 2.50. The Hall–Kier alpha value is -7.83. The van der Waals surface area contributed by atoms with Gasteiger partial charge in [-0.05, 0) is 153 Å². The Morgan fingerprint density at radius 3 is 1.26 bits per heavy atom. The molecular formula is C68H53N3S2. The highest BCUT2D eigenvalue weighted by Gasteiger charge is 2.29. The largest absolute Gasteiger partial charge is 0.309 e. The monoisotopic (exact) mass is 975 g/mol. The lowest BCUT2D eigenvalue weighted by atomic mass is 9.85. The van der Waals surface area contributed by atoms with E-state index in [1.807, 2.05) is 23.1 Å². The summed E-state index contributed by atoms with van der Waals surface area (Å²) < 4.78 is 7.59. The van der Waals surface area contributed by atoms with Crippen molar-refractivity contribution in [3.05, 3.63) is 223 Å². The summed E-state index contributed by atoms with van der Waals surface area (Å²) in [5.41, 5.74) is 18.2. The number of fused-ring (bicyclic) bond motifs is 11. The van der Waals surface area contributed by atoms with Gasteiger partial charge in [-0.3, -0.25) is 0 Å². The number of anilines is 3. The lowest BCUT2D eigenvalue weighted by Gasteiger charge is -2.33. The highest BCUT2D eigenvalue weighted by Crippen LogP contribution is 2.54. The maximum atomic E-state index is 2.50. The van der Waals surface area contributed by atoms with Crippen molar-refractivity contribution in [3.63, 3.8) is 0 Å². The number of aromatic nitrogens is 2. The molecule has 14 rings (SSSR count). The molecule has 0 radical (unpaired) electrons. The third-order valence-corrected chi connectivity index (χ3v) is 17.4. The second kappa shape index (κ2) is 16.3. The molecule has 5 heteroatoms. The fraction of sp³-hybridized carbons (Fsp3) is 0.118. The molecule has 0 saturated carbocycles. The van der Waals surface area contributed by atoms with E-state index in [9.17, 15) is 0 Å². The zero-order valence-electron chi connectivity index (χ0n) is 41.9. The molecule has 0 spiro atoms. The summed E-state index contributed by atoms with van der Waals surface area (Å²) in [7, 11) is 0. The quantitative estimate of drug-likeness (QED) is 0.170. The topological polar surface area (TPSA) is 13.1 Å². The van der Waals surface area contributed by atoms with Gasteiger partial charge in [-0.25, -0.2) is 0 Å². The van der Waals surface area contributed by atoms with Crippen LogP contribution in [0.25, 0.3) is 97.4 Å². The van der Waals surface area contributed by atoms with Crippen LogP contribution in [0.1, 0.15) is 52.7 Å². The van der Waals surface area contributed by atoms with E-state index >= 15 is 0 Å². The van der Waals surface area contributed by atoms with Crippen LogP contribution in [0.2, 0.25) is 0 Å². The Labute approximate surface area is 434 Å². The van der Waals surface area contributed by atoms with Crippen LogP contribution in [0.4, 0.5) is 17.1 Å². The molecule has 4 heterocycles. The first kappa shape index (κ1) is 43.9. The maximum Gasteiger partial charge on any atom is 0.0603 e. The van der Waals surface area contributed by atoms with Crippen LogP contribution in [-0.4, -0.2) is 9.13 Å². The fourth-order valence-corrected chi connectivity index (χ4v) is 13.6. The highest BCUT2D eigenvalue weighted by atomic mass is 32.2. The average molecular weight is 976 g/mol. The summed E-state index contributed by atoms with van der Waals surface area (Å²) in [5.74, 6) is 0. The van der Waals surface area contributed by atoms with Crippen LogP contribution in [0, 0.1) is 0 Å². The number of thiophene rings is 1. The molecule has 0 unspecified atom stereocenters. The van der Waals surface area contributed by atoms with Gasteiger partial charge in [-0.2, -0.15) is 0 Å². The van der Waals surface area contributed by atoms with Crippen molar-refractivity contribution in [2.24, 2.45) is 0 Å². The molecule has 0 amide bonds. The number of nitrogens with zero attached hydrogens (tertiary/aromatic N) is 3. The van der Waals surface area contributed by atoms with Crippen molar-refractivity contribution >= 4 is 104 Å². The van der Waals surface area contributed by atoms with Crippen LogP contribution >= 0.6 is 23.1 Å². The van der Waals surface area contributed by atoms with E-state index in [0.29, 0.717) is 0 Å². The van der Waals surface area contributed by atoms with Crippen LogP contribution in [-0.2, 0) is 10.8 Å². The van der Waals surface area contributed by atoms with Crippen molar-refractivity contribution in [2.75, 3.05) is 4.90 Å². The summed E-state index contributed by atoms with van der Waals surface area (Å²) in [6.07, 6.45) is 0. The molecule has 0 fully saturated rings. The first-order valence-corrected chi connectivity index (χ1v) is 27.0. The SMILES string of the molecule is CC(C)(C)c1ccc2c(c1)c1cc(C(C)(C)C)ccc1n2-c1ccc2c(c1)Sc1cc(-n3c4ccc(-c5ccccc5)cc4c4cc(-c5ccccc5)ccc43)ccc1N2c1ccc2sc3ccccc3c2c1. The normalized spacial score (nSPS) is 13.0. The molecule has 0 saturated heterocycles. The van der Waals surface area contributed by atoms with Gasteiger partial charge in [0.1, 0.15) is 0 Å². The van der Waals surface area contributed by atoms with Gasteiger partial charge in [0.15, 0.2) is 0 Å². The average Bonchev–Trinajstić information content (AvgIpc) is 4.06. The molecule has 13 aromatic rings. The third-order valence-electron chi connectivity index (χ3n) is 15.2. The summed E-state index contributed by atoms with van der Waals surface area (Å²) in [6, 6.07) is 79.8. The standard InChI is InChI=1S/C68H53N3S2/c1-67(2,3)46-23-30-59-54(37-46)55-38-47(68(4,5)6)24-31-60(55)70(59)50-26-33-62-66(41-50)73-65-40-49(25-32-61(65)71(62)48-27-34-64-56(39-48)51-19-13-14-20-63(51)72-64)69-57-28-21-44(42-15-9-7-10-16-42)35-52(57)53-36-45(22-29-58(53)69)43-17-11-8-12-18-43/h7-41H,1-6H3. The molecule has 73 heavy (non-hydrogen) atoms. The van der Waals surface area contributed by atoms with E-state index < -0.39 is 0 Å². The molecule has 352 valence electrons. The van der Waals surface area contributed by atoms with Gasteiger partial charge in [-0.1, -0.05) is 156 Å². The van der Waals surface area contributed by atoms with Crippen molar-refractivity contribution in [1.82, 2.24) is 9.13 Å². The van der Waals surface area contributed by atoms with Crippen molar-refractivity contribution in [3.8, 4) is 33.6 Å². The summed E-state index contributed by atoms with van der Waals surface area (Å²) in [4.78, 5) is 4.93. The Morgan fingerprint density at radius 2 is 0.753 bits per heavy atom. The second-order valence-electron chi connectivity index (χ2n) is 21.9. The summed E-state index contributed by atoms with van der Waals surface area (Å²) >= 11 is 3.75. The molecule has 0 bridgehead atoms. The Bertz CT molecular complexity index is 4200. The van der Waals surface area contributed by atoms with Gasteiger partial charge in [0.05, 0.1) is 33.4 Å². The molecule has 0 aliphatic carbocycles. The smallest absolute Gasteiger partial charge is 0.0603 e. The summed E-state index contributed by atoms with van der Waals surface area (Å²) in [6.45, 7) is 13.9. The van der Waals surface area contributed by atoms with Crippen LogP contribution in [0.3, 0.4) is 0 Å². The lowest BCUT2D eigenvalue weighted by Crippen LogP contribution is -2.15. The van der Waals surface area contributed by atoms with Crippen molar-refractivity contribution in [2.45, 2.75) is 62.2 Å². The Balaban J connectivity index is 0.977. The van der Waals surface area contributed by atoms with Crippen molar-refractivity contribution < 1.29 is 0 Å². The van der Waals surface area contributed by atoms with E-state index in [2.05, 4.69) is 268 Å². The zero-order valence-corrected chi connectivity index (χ0v) is 43.5. The minimum absolute atomic E-state index is 0.0240. The number of hydrogen-bond donors (Lipinski definition) is 0. The van der Waals surface area contributed by atoms with Gasteiger partial charge in [0, 0.05) is 68.6 Å². The first-order valence-electron chi connectivity index (χ1n) is 25.4. The molecule has 1 aliphatic heterocycles. The van der Waals surface area contributed by atoms with Crippen molar-refractivity contribution in [1.29, 1.82) is 0 Å². The molecule has 3 nitrogen and oxygen atoms in total. The molecule has 10 aromatic carbocycles. The minimum Gasteiger partial charge on any atom is -0.309 e. The summed E-state index contributed by atoms with van der Waals surface area (Å²) in [5, 5.41) is 7.66. The van der Waals surface area contributed by atoms with Gasteiger partial charge in [0.2, 0.25) is 0 Å². The molecule has 1 aliphatic rings. The Morgan fingerprint density at radius 1 is 0.315 bits per heavy atom. The van der Waals surface area contributed by atoms with E-state index in [1.165, 1.54) is 118 Å². The third kappa shape index (κ3) is 7.16. The first-order chi connectivity index (χ1) is 35.4. The predicted molar refractivity (Wildman–Crippen MR) is 315 cm³/mol. The zero-order chi connectivity index (χ0) is 49.3. The highest BCUT2D eigenvalue weighted by molar-refractivity contribution is 7.99. The molecule has 3 aromatic heterocycles. The van der Waals surface area contributed by atoms with Crippen LogP contribution in [0.15, 0.2) is 222 Å². The molecule has 0 N–H and O–H groups in total. The van der Waals surface area contributed by atoms with Crippen LogP contribution in [0.5, 0.6) is 0 Å². The fourth-order valence-electron chi connectivity index (χ4n) is 11.4. The molecule has 0 atom stereocenters. The minimum atomic E-state index is 0.0240. The van der Waals surface area contributed by atoms with Gasteiger partial charge in [0.25, 0.3) is 0 Å². The number of hydrogen-bond acceptors (Lipinski definition) is 3. The predicted octanol–water partition coefficient (Wildman–Crippen LogP) is 20.1. The molecular weight excluding hydrogens is 923 g/mol. The van der Waals surface area contributed by atoms with E-state index in [-0.39, 0.29) is 10.8 Å². The lowest BCUT2D eigenvalue weighted by molar-refractivity contribution is 0.590. The second-order valence-corrected chi connectivity index (χ2v) is 24.0. The van der Waals surface area contributed by atoms with E-state index in [4.69, 9.17) is 0 Å². The van der Waals surface area contributed by atoms with Gasteiger partial charge < -0.3 is 14.0 Å². The van der Waals surface area contributed by atoms with E-state index in [0.717, 1.165) is 17.1 Å². The number of benzene rings is 10. The van der Waals surface area contributed by atoms with Crippen LogP contribution < -0.4 is 4.90 Å². The van der Waals surface area contributed by atoms with E-state index in [1.54, 1.807) is 0 Å².